The Morgan fingerprint density at radius 2 is 1.65 bits per heavy atom. The largest absolute Gasteiger partial charge is 0.495 e. The van der Waals surface area contributed by atoms with E-state index in [1.807, 2.05) is 24.3 Å². The van der Waals surface area contributed by atoms with Gasteiger partial charge in [-0.15, -0.1) is 0 Å². The van der Waals surface area contributed by atoms with Gasteiger partial charge in [0.1, 0.15) is 5.75 Å². The van der Waals surface area contributed by atoms with Gasteiger partial charge < -0.3 is 9.84 Å². The first-order valence-electron chi connectivity index (χ1n) is 12.5. The van der Waals surface area contributed by atoms with Crippen LogP contribution in [0.2, 0.25) is 5.02 Å². The van der Waals surface area contributed by atoms with E-state index in [1.54, 1.807) is 7.11 Å². The third-order valence-electron chi connectivity index (χ3n) is 7.37. The van der Waals surface area contributed by atoms with Crippen molar-refractivity contribution in [3.8, 4) is 5.75 Å². The van der Waals surface area contributed by atoms with Crippen LogP contribution in [-0.2, 0) is 0 Å². The van der Waals surface area contributed by atoms with Crippen molar-refractivity contribution in [3.05, 3.63) is 76.8 Å². The number of unbranched alkanes of at least 4 members (excludes halogenated alkanes) is 1. The van der Waals surface area contributed by atoms with Crippen LogP contribution in [0.25, 0.3) is 10.8 Å². The van der Waals surface area contributed by atoms with Crippen molar-refractivity contribution >= 4 is 22.4 Å². The van der Waals surface area contributed by atoms with Gasteiger partial charge in [0, 0.05) is 43.6 Å². The van der Waals surface area contributed by atoms with Gasteiger partial charge in [0.15, 0.2) is 0 Å². The molecule has 0 bridgehead atoms. The molecule has 0 radical (unpaired) electrons. The first kappa shape index (κ1) is 25.0. The summed E-state index contributed by atoms with van der Waals surface area (Å²) in [7, 11) is 1.63. The zero-order chi connectivity index (χ0) is 24.1. The number of nitrogens with zero attached hydrogens (tertiary/aromatic N) is 2. The van der Waals surface area contributed by atoms with Gasteiger partial charge >= 0.3 is 0 Å². The first-order chi connectivity index (χ1) is 16.5. The smallest absolute Gasteiger partial charge is 0.138 e. The molecular formula is C29H37ClN2O2. The number of piperazine rings is 1. The molecule has 0 aliphatic carbocycles. The lowest BCUT2D eigenvalue weighted by atomic mass is 9.93. The number of aliphatic hydroxyl groups excluding tert-OH is 1. The molecule has 0 aromatic heterocycles. The van der Waals surface area contributed by atoms with E-state index >= 15 is 0 Å². The quantitative estimate of drug-likeness (QED) is 0.380. The van der Waals surface area contributed by atoms with E-state index in [0.717, 1.165) is 61.8 Å². The Morgan fingerprint density at radius 1 is 0.941 bits per heavy atom. The van der Waals surface area contributed by atoms with Crippen LogP contribution in [-0.4, -0.2) is 54.2 Å². The van der Waals surface area contributed by atoms with Crippen molar-refractivity contribution in [1.82, 2.24) is 9.80 Å². The van der Waals surface area contributed by atoms with Gasteiger partial charge in [0.25, 0.3) is 0 Å². The van der Waals surface area contributed by atoms with Crippen LogP contribution < -0.4 is 4.74 Å². The molecule has 4 nitrogen and oxygen atoms in total. The summed E-state index contributed by atoms with van der Waals surface area (Å²) in [5, 5.41) is 14.1. The summed E-state index contributed by atoms with van der Waals surface area (Å²) >= 11 is 6.51. The van der Waals surface area contributed by atoms with Crippen molar-refractivity contribution in [1.29, 1.82) is 0 Å². The monoisotopic (exact) mass is 480 g/mol. The number of rotatable bonds is 9. The van der Waals surface area contributed by atoms with Crippen LogP contribution in [0.4, 0.5) is 0 Å². The average Bonchev–Trinajstić information content (AvgIpc) is 2.89. The zero-order valence-corrected chi connectivity index (χ0v) is 21.3. The second-order valence-corrected chi connectivity index (χ2v) is 9.75. The van der Waals surface area contributed by atoms with Crippen LogP contribution in [0.5, 0.6) is 5.75 Å². The molecular weight excluding hydrogens is 444 g/mol. The number of hydrogen-bond donors (Lipinski definition) is 1. The second kappa shape index (κ2) is 11.5. The summed E-state index contributed by atoms with van der Waals surface area (Å²) in [6.45, 7) is 8.48. The Hall–Kier alpha value is -2.11. The van der Waals surface area contributed by atoms with E-state index in [4.69, 9.17) is 16.3 Å². The summed E-state index contributed by atoms with van der Waals surface area (Å²) in [6, 6.07) is 21.3. The van der Waals surface area contributed by atoms with Crippen molar-refractivity contribution in [2.75, 3.05) is 33.3 Å². The zero-order valence-electron chi connectivity index (χ0n) is 20.6. The highest BCUT2D eigenvalue weighted by molar-refractivity contribution is 6.37. The van der Waals surface area contributed by atoms with Gasteiger partial charge in [0.2, 0.25) is 0 Å². The standard InChI is InChI=1S/C29H37ClN2O2/c1-4-5-11-26(32-18-16-31(17-19-32)21(2)22-9-7-6-8-10-22)29(33)24-12-14-25-23(20-24)13-15-27(34-3)28(25)30/h6-10,12-15,20-21,26,29,33H,4-5,11,16-19H2,1-3H3/t21?,26-,29-/m1/s1. The number of hydrogen-bond acceptors (Lipinski definition) is 4. The van der Waals surface area contributed by atoms with Gasteiger partial charge in [-0.1, -0.05) is 79.9 Å². The van der Waals surface area contributed by atoms with E-state index in [9.17, 15) is 5.11 Å². The first-order valence-corrected chi connectivity index (χ1v) is 12.9. The topological polar surface area (TPSA) is 35.9 Å². The lowest BCUT2D eigenvalue weighted by Gasteiger charge is -2.43. The van der Waals surface area contributed by atoms with Gasteiger partial charge in [-0.3, -0.25) is 9.80 Å². The van der Waals surface area contributed by atoms with Crippen molar-refractivity contribution in [3.63, 3.8) is 0 Å². The molecule has 1 saturated heterocycles. The number of fused-ring (bicyclic) bond motifs is 1. The SMILES string of the molecule is CCCC[C@H]([C@H](O)c1ccc2c(Cl)c(OC)ccc2c1)N1CCN(C(C)c2ccccc2)CC1. The van der Waals surface area contributed by atoms with Crippen LogP contribution >= 0.6 is 11.6 Å². The number of methoxy groups -OCH3 is 1. The number of halogens is 1. The number of aliphatic hydroxyl groups is 1. The van der Waals surface area contributed by atoms with Crippen LogP contribution in [0.15, 0.2) is 60.7 Å². The minimum atomic E-state index is -0.532. The molecule has 4 rings (SSSR count). The third kappa shape index (κ3) is 5.41. The number of ether oxygens (including phenoxy) is 1. The Balaban J connectivity index is 1.49. The predicted molar refractivity (Wildman–Crippen MR) is 142 cm³/mol. The molecule has 1 unspecified atom stereocenters. The fourth-order valence-electron chi connectivity index (χ4n) is 5.21. The Bertz CT molecular complexity index is 1070. The number of benzene rings is 3. The lowest BCUT2D eigenvalue weighted by molar-refractivity contribution is 0.00510. The molecule has 5 heteroatoms. The molecule has 1 aliphatic rings. The fourth-order valence-corrected chi connectivity index (χ4v) is 5.52. The van der Waals surface area contributed by atoms with Crippen LogP contribution in [0.3, 0.4) is 0 Å². The summed E-state index contributed by atoms with van der Waals surface area (Å²) in [5.41, 5.74) is 2.32. The molecule has 1 heterocycles. The molecule has 0 amide bonds. The molecule has 0 saturated carbocycles. The van der Waals surface area contributed by atoms with Crippen molar-refractivity contribution in [2.24, 2.45) is 0 Å². The highest BCUT2D eigenvalue weighted by Crippen LogP contribution is 2.35. The molecule has 0 spiro atoms. The molecule has 1 aliphatic heterocycles. The highest BCUT2D eigenvalue weighted by atomic mass is 35.5. The maximum atomic E-state index is 11.5. The molecule has 1 fully saturated rings. The van der Waals surface area contributed by atoms with Crippen molar-refractivity contribution in [2.45, 2.75) is 51.3 Å². The van der Waals surface area contributed by atoms with Gasteiger partial charge in [0.05, 0.1) is 18.2 Å². The van der Waals surface area contributed by atoms with Gasteiger partial charge in [-0.05, 0) is 42.0 Å². The third-order valence-corrected chi connectivity index (χ3v) is 7.76. The maximum Gasteiger partial charge on any atom is 0.138 e. The molecule has 3 aromatic rings. The Kier molecular flexibility index (Phi) is 8.49. The van der Waals surface area contributed by atoms with Gasteiger partial charge in [-0.25, -0.2) is 0 Å². The molecule has 34 heavy (non-hydrogen) atoms. The molecule has 3 aromatic carbocycles. The summed E-state index contributed by atoms with van der Waals surface area (Å²) in [4.78, 5) is 5.06. The Labute approximate surface area is 209 Å². The second-order valence-electron chi connectivity index (χ2n) is 9.38. The lowest BCUT2D eigenvalue weighted by Crippen LogP contribution is -2.52. The Morgan fingerprint density at radius 3 is 2.32 bits per heavy atom. The van der Waals surface area contributed by atoms with Gasteiger partial charge in [-0.2, -0.15) is 0 Å². The van der Waals surface area contributed by atoms with Crippen molar-refractivity contribution < 1.29 is 9.84 Å². The van der Waals surface area contributed by atoms with Crippen LogP contribution in [0.1, 0.15) is 56.4 Å². The van der Waals surface area contributed by atoms with E-state index in [2.05, 4.69) is 60.0 Å². The summed E-state index contributed by atoms with van der Waals surface area (Å²) in [5.74, 6) is 0.672. The molecule has 3 atom stereocenters. The highest BCUT2D eigenvalue weighted by Gasteiger charge is 2.31. The minimum Gasteiger partial charge on any atom is -0.495 e. The summed E-state index contributed by atoms with van der Waals surface area (Å²) < 4.78 is 5.35. The van der Waals surface area contributed by atoms with E-state index < -0.39 is 6.10 Å². The minimum absolute atomic E-state index is 0.111. The normalized spacial score (nSPS) is 18.0. The van der Waals surface area contributed by atoms with E-state index in [0.29, 0.717) is 16.8 Å². The van der Waals surface area contributed by atoms with Crippen LogP contribution in [0, 0.1) is 0 Å². The summed E-state index contributed by atoms with van der Waals surface area (Å²) in [6.07, 6.45) is 2.70. The molecule has 182 valence electrons. The fraction of sp³-hybridized carbons (Fsp3) is 0.448. The predicted octanol–water partition coefficient (Wildman–Crippen LogP) is 6.47. The van der Waals surface area contributed by atoms with E-state index in [-0.39, 0.29) is 6.04 Å². The van der Waals surface area contributed by atoms with E-state index in [1.165, 1.54) is 5.56 Å². The molecule has 1 N–H and O–H groups in total. The maximum absolute atomic E-state index is 11.5. The average molecular weight is 481 g/mol.